The van der Waals surface area contributed by atoms with Crippen molar-refractivity contribution in [3.63, 3.8) is 0 Å². The number of carbonyl (C=O) groups is 1. The maximum atomic E-state index is 13.4. The number of carbonyl (C=O) groups excluding carboxylic acids is 1. The Morgan fingerprint density at radius 2 is 1.81 bits per heavy atom. The van der Waals surface area contributed by atoms with Gasteiger partial charge in [-0.25, -0.2) is 15.0 Å². The van der Waals surface area contributed by atoms with Crippen molar-refractivity contribution in [3.05, 3.63) is 59.1 Å². The molecule has 194 valence electrons. The van der Waals surface area contributed by atoms with Gasteiger partial charge in [-0.3, -0.25) is 9.69 Å². The lowest BCUT2D eigenvalue weighted by Gasteiger charge is -2.40. The van der Waals surface area contributed by atoms with E-state index in [1.54, 1.807) is 6.33 Å². The topological polar surface area (TPSA) is 83.5 Å². The number of halogens is 1. The highest BCUT2D eigenvalue weighted by molar-refractivity contribution is 6.34. The number of piperidine rings is 1. The molecule has 0 saturated carbocycles. The zero-order valence-corrected chi connectivity index (χ0v) is 22.2. The van der Waals surface area contributed by atoms with E-state index in [9.17, 15) is 4.79 Å². The van der Waals surface area contributed by atoms with Crippen molar-refractivity contribution in [2.45, 2.75) is 32.2 Å². The number of morpholine rings is 1. The lowest BCUT2D eigenvalue weighted by atomic mass is 9.96. The molecular formula is C28H33ClN6O2. The van der Waals surface area contributed by atoms with Gasteiger partial charge in [-0.05, 0) is 43.5 Å². The molecule has 2 aromatic heterocycles. The Balaban J connectivity index is 1.36. The van der Waals surface area contributed by atoms with Gasteiger partial charge in [0.25, 0.3) is 5.91 Å². The number of amides is 1. The van der Waals surface area contributed by atoms with Crippen LogP contribution in [-0.4, -0.2) is 83.1 Å². The molecule has 5 rings (SSSR count). The molecule has 8 nitrogen and oxygen atoms in total. The van der Waals surface area contributed by atoms with E-state index in [2.05, 4.69) is 32.1 Å². The Morgan fingerprint density at radius 3 is 2.46 bits per heavy atom. The van der Waals surface area contributed by atoms with Gasteiger partial charge in [-0.1, -0.05) is 24.6 Å². The first-order valence-corrected chi connectivity index (χ1v) is 13.4. The van der Waals surface area contributed by atoms with E-state index in [0.717, 1.165) is 92.6 Å². The quantitative estimate of drug-likeness (QED) is 0.515. The number of ether oxygens (including phenoxy) is 1. The molecule has 4 heterocycles. The van der Waals surface area contributed by atoms with Crippen molar-refractivity contribution < 1.29 is 9.53 Å². The molecule has 0 atom stereocenters. The number of nitrogens with one attached hydrogen (secondary N) is 1. The molecule has 2 aliphatic heterocycles. The minimum Gasteiger partial charge on any atom is -0.379 e. The first-order chi connectivity index (χ1) is 18.1. The highest BCUT2D eigenvalue weighted by atomic mass is 35.5. The lowest BCUT2D eigenvalue weighted by Crippen LogP contribution is -2.50. The fourth-order valence-corrected chi connectivity index (χ4v) is 5.55. The van der Waals surface area contributed by atoms with Crippen LogP contribution < -0.4 is 5.32 Å². The van der Waals surface area contributed by atoms with Crippen LogP contribution in [-0.2, 0) is 11.2 Å². The average molecular weight is 521 g/mol. The summed E-state index contributed by atoms with van der Waals surface area (Å²) in [7, 11) is 1.84. The maximum absolute atomic E-state index is 13.4. The highest BCUT2D eigenvalue weighted by Crippen LogP contribution is 2.35. The van der Waals surface area contributed by atoms with Crippen LogP contribution in [0.1, 0.15) is 35.8 Å². The molecule has 2 saturated heterocycles. The number of aromatic nitrogens is 3. The van der Waals surface area contributed by atoms with Crippen LogP contribution in [0.2, 0.25) is 5.02 Å². The van der Waals surface area contributed by atoms with Crippen LogP contribution in [0.15, 0.2) is 42.9 Å². The molecule has 1 N–H and O–H groups in total. The third-order valence-electron chi connectivity index (χ3n) is 7.36. The van der Waals surface area contributed by atoms with Crippen LogP contribution in [0.25, 0.3) is 22.4 Å². The summed E-state index contributed by atoms with van der Waals surface area (Å²) in [5, 5.41) is 3.48. The molecule has 0 bridgehead atoms. The number of hydrogen-bond donors (Lipinski definition) is 1. The van der Waals surface area contributed by atoms with Gasteiger partial charge < -0.3 is 15.0 Å². The molecule has 3 aromatic rings. The first-order valence-electron chi connectivity index (χ1n) is 13.0. The fourth-order valence-electron chi connectivity index (χ4n) is 5.28. The fraction of sp³-hybridized carbons (Fsp3) is 0.429. The highest BCUT2D eigenvalue weighted by Gasteiger charge is 2.29. The molecule has 2 aliphatic rings. The summed E-state index contributed by atoms with van der Waals surface area (Å²) >= 11 is 6.72. The zero-order valence-electron chi connectivity index (χ0n) is 21.4. The number of likely N-dealkylation sites (tertiary alicyclic amines) is 1. The van der Waals surface area contributed by atoms with Gasteiger partial charge in [-0.15, -0.1) is 0 Å². The Hall–Kier alpha value is -3.07. The van der Waals surface area contributed by atoms with E-state index in [4.69, 9.17) is 16.3 Å². The molecule has 2 fully saturated rings. The molecule has 1 aromatic carbocycles. The van der Waals surface area contributed by atoms with Crippen molar-refractivity contribution in [1.29, 1.82) is 0 Å². The number of benzene rings is 1. The summed E-state index contributed by atoms with van der Waals surface area (Å²) in [6.07, 6.45) is 6.12. The molecule has 0 aliphatic carbocycles. The Kier molecular flexibility index (Phi) is 7.98. The Morgan fingerprint density at radius 1 is 1.05 bits per heavy atom. The summed E-state index contributed by atoms with van der Waals surface area (Å²) in [5.41, 5.74) is 4.95. The standard InChI is InChI=1S/C28H33ClN6O2/c1-3-24-26(20-5-7-25(30-2)31-17-20)27(33-18-32-24)19-4-6-22(23(29)16-19)28(36)35-10-8-21(9-11-35)34-12-14-37-15-13-34/h4-7,16-18,21H,3,8-15H2,1-2H3,(H,30,31). The molecule has 37 heavy (non-hydrogen) atoms. The van der Waals surface area contributed by atoms with E-state index in [1.165, 1.54) is 0 Å². The SMILES string of the molecule is CCc1ncnc(-c2ccc(C(=O)N3CCC(N4CCOCC4)CC3)c(Cl)c2)c1-c1ccc(NC)nc1. The number of hydrogen-bond acceptors (Lipinski definition) is 7. The minimum atomic E-state index is -0.0130. The summed E-state index contributed by atoms with van der Waals surface area (Å²) < 4.78 is 5.48. The van der Waals surface area contributed by atoms with Crippen LogP contribution in [0.5, 0.6) is 0 Å². The molecule has 0 radical (unpaired) electrons. The van der Waals surface area contributed by atoms with Crippen molar-refractivity contribution in [2.75, 3.05) is 51.8 Å². The normalized spacial score (nSPS) is 17.1. The zero-order chi connectivity index (χ0) is 25.8. The summed E-state index contributed by atoms with van der Waals surface area (Å²) in [4.78, 5) is 31.4. The smallest absolute Gasteiger partial charge is 0.255 e. The van der Waals surface area contributed by atoms with Crippen molar-refractivity contribution >= 4 is 23.3 Å². The Labute approximate surface area is 223 Å². The van der Waals surface area contributed by atoms with Crippen LogP contribution in [0.3, 0.4) is 0 Å². The van der Waals surface area contributed by atoms with Gasteiger partial charge in [0.05, 0.1) is 35.2 Å². The van der Waals surface area contributed by atoms with Gasteiger partial charge in [0.15, 0.2) is 0 Å². The van der Waals surface area contributed by atoms with Crippen molar-refractivity contribution in [1.82, 2.24) is 24.8 Å². The summed E-state index contributed by atoms with van der Waals surface area (Å²) in [6, 6.07) is 10.1. The van der Waals surface area contributed by atoms with Crippen LogP contribution >= 0.6 is 11.6 Å². The van der Waals surface area contributed by atoms with Gasteiger partial charge in [0.1, 0.15) is 12.1 Å². The number of pyridine rings is 1. The predicted octanol–water partition coefficient (Wildman–Crippen LogP) is 4.40. The van der Waals surface area contributed by atoms with Gasteiger partial charge in [0, 0.05) is 62.2 Å². The predicted molar refractivity (Wildman–Crippen MR) is 146 cm³/mol. The third-order valence-corrected chi connectivity index (χ3v) is 7.67. The van der Waals surface area contributed by atoms with Crippen molar-refractivity contribution in [3.8, 4) is 22.4 Å². The largest absolute Gasteiger partial charge is 0.379 e. The molecular weight excluding hydrogens is 488 g/mol. The van der Waals surface area contributed by atoms with E-state index in [1.807, 2.05) is 48.5 Å². The van der Waals surface area contributed by atoms with E-state index < -0.39 is 0 Å². The van der Waals surface area contributed by atoms with Crippen molar-refractivity contribution in [2.24, 2.45) is 0 Å². The molecule has 0 unspecified atom stereocenters. The van der Waals surface area contributed by atoms with Crippen LogP contribution in [0, 0.1) is 0 Å². The number of aryl methyl sites for hydroxylation is 1. The van der Waals surface area contributed by atoms with E-state index in [0.29, 0.717) is 16.6 Å². The minimum absolute atomic E-state index is 0.0130. The second-order valence-electron chi connectivity index (χ2n) is 9.45. The first kappa shape index (κ1) is 25.6. The van der Waals surface area contributed by atoms with Gasteiger partial charge >= 0.3 is 0 Å². The lowest BCUT2D eigenvalue weighted by molar-refractivity contribution is 0.00159. The molecule has 9 heteroatoms. The van der Waals surface area contributed by atoms with E-state index in [-0.39, 0.29) is 5.91 Å². The molecule has 1 amide bonds. The molecule has 0 spiro atoms. The number of rotatable bonds is 6. The third kappa shape index (κ3) is 5.46. The Bertz CT molecular complexity index is 1240. The van der Waals surface area contributed by atoms with Gasteiger partial charge in [0.2, 0.25) is 0 Å². The van der Waals surface area contributed by atoms with Gasteiger partial charge in [-0.2, -0.15) is 0 Å². The summed E-state index contributed by atoms with van der Waals surface area (Å²) in [6.45, 7) is 7.11. The van der Waals surface area contributed by atoms with E-state index >= 15 is 0 Å². The second kappa shape index (κ2) is 11.5. The van der Waals surface area contributed by atoms with Crippen LogP contribution in [0.4, 0.5) is 5.82 Å². The second-order valence-corrected chi connectivity index (χ2v) is 9.85. The number of nitrogens with zero attached hydrogens (tertiary/aromatic N) is 5. The average Bonchev–Trinajstić information content (AvgIpc) is 2.97. The maximum Gasteiger partial charge on any atom is 0.255 e. The monoisotopic (exact) mass is 520 g/mol. The number of anilines is 1. The summed E-state index contributed by atoms with van der Waals surface area (Å²) in [5.74, 6) is 0.779.